The smallest absolute Gasteiger partial charge is 0.259 e. The molecule has 4 aromatic rings. The van der Waals surface area contributed by atoms with Gasteiger partial charge in [-0.05, 0) is 63.9 Å². The van der Waals surface area contributed by atoms with E-state index in [9.17, 15) is 14.3 Å². The topological polar surface area (TPSA) is 111 Å². The van der Waals surface area contributed by atoms with E-state index in [4.69, 9.17) is 0 Å². The Morgan fingerprint density at radius 1 is 1.26 bits per heavy atom. The van der Waals surface area contributed by atoms with Crippen LogP contribution < -0.4 is 5.32 Å². The highest BCUT2D eigenvalue weighted by molar-refractivity contribution is 6.04. The van der Waals surface area contributed by atoms with Crippen LogP contribution in [-0.4, -0.2) is 40.3 Å². The number of nitrogens with one attached hydrogen (secondary N) is 1. The molecule has 1 aromatic carbocycles. The van der Waals surface area contributed by atoms with Crippen molar-refractivity contribution in [1.82, 2.24) is 29.3 Å². The van der Waals surface area contributed by atoms with E-state index in [-0.39, 0.29) is 17.4 Å². The maximum atomic E-state index is 14.8. The van der Waals surface area contributed by atoms with Crippen molar-refractivity contribution >= 4 is 11.7 Å². The monoisotopic (exact) mass is 475 g/mol. The molecule has 180 valence electrons. The van der Waals surface area contributed by atoms with Crippen molar-refractivity contribution in [3.63, 3.8) is 0 Å². The fourth-order valence-electron chi connectivity index (χ4n) is 4.30. The lowest BCUT2D eigenvalue weighted by molar-refractivity contribution is 0.0742. The van der Waals surface area contributed by atoms with Gasteiger partial charge in [-0.25, -0.2) is 14.4 Å². The van der Waals surface area contributed by atoms with Crippen LogP contribution in [-0.2, 0) is 12.0 Å². The Morgan fingerprint density at radius 2 is 2.06 bits per heavy atom. The van der Waals surface area contributed by atoms with Crippen LogP contribution in [0.15, 0.2) is 42.9 Å². The van der Waals surface area contributed by atoms with Crippen molar-refractivity contribution in [2.45, 2.75) is 52.2 Å². The van der Waals surface area contributed by atoms with Gasteiger partial charge in [0.15, 0.2) is 5.82 Å². The number of carbonyl (C=O) groups is 1. The normalized spacial score (nSPS) is 15.3. The van der Waals surface area contributed by atoms with Gasteiger partial charge < -0.3 is 19.6 Å². The van der Waals surface area contributed by atoms with E-state index in [2.05, 4.69) is 37.0 Å². The van der Waals surface area contributed by atoms with Crippen LogP contribution in [0.2, 0.25) is 0 Å². The lowest BCUT2D eigenvalue weighted by Crippen LogP contribution is -2.16. The van der Waals surface area contributed by atoms with Crippen LogP contribution in [0.4, 0.5) is 10.2 Å². The van der Waals surface area contributed by atoms with Crippen LogP contribution >= 0.6 is 0 Å². The predicted molar refractivity (Wildman–Crippen MR) is 128 cm³/mol. The molecule has 5 rings (SSSR count). The number of hydrogen-bond acceptors (Lipinski definition) is 6. The van der Waals surface area contributed by atoms with Gasteiger partial charge in [0.05, 0.1) is 23.3 Å². The van der Waals surface area contributed by atoms with E-state index in [0.717, 1.165) is 18.7 Å². The molecule has 0 fully saturated rings. The molecule has 35 heavy (non-hydrogen) atoms. The second kappa shape index (κ2) is 8.38. The Labute approximate surface area is 201 Å². The molecule has 2 N–H and O–H groups in total. The third kappa shape index (κ3) is 4.21. The second-order valence-corrected chi connectivity index (χ2v) is 9.40. The number of rotatable bonds is 5. The lowest BCUT2D eigenvalue weighted by Gasteiger charge is -2.14. The molecular weight excluding hydrogens is 449 g/mol. The molecule has 3 aromatic heterocycles. The first-order valence-electron chi connectivity index (χ1n) is 11.4. The molecular formula is C25H26FN7O2. The predicted octanol–water partition coefficient (Wildman–Crippen LogP) is 3.96. The minimum absolute atomic E-state index is 0.131. The van der Waals surface area contributed by atoms with Gasteiger partial charge in [0.25, 0.3) is 5.91 Å². The van der Waals surface area contributed by atoms with Gasteiger partial charge in [-0.2, -0.15) is 0 Å². The second-order valence-electron chi connectivity index (χ2n) is 9.40. The van der Waals surface area contributed by atoms with E-state index < -0.39 is 17.3 Å². The number of imidazole rings is 1. The number of aryl methyl sites for hydroxylation is 2. The van der Waals surface area contributed by atoms with E-state index in [1.54, 1.807) is 43.7 Å². The number of amides is 1. The first-order chi connectivity index (χ1) is 16.6. The average Bonchev–Trinajstić information content (AvgIpc) is 3.52. The minimum Gasteiger partial charge on any atom is -0.384 e. The number of nitrogens with zero attached hydrogens (tertiary/aromatic N) is 6. The summed E-state index contributed by atoms with van der Waals surface area (Å²) in [6, 6.07) is 8.26. The fourth-order valence-corrected chi connectivity index (χ4v) is 4.30. The molecule has 1 aliphatic heterocycles. The standard InChI is InChI=1S/C25H26FN7O2/c1-14-10-17(26)16(11-19(14)32-12-20(27-13-32)25(3,4)35)24(34)29-21-7-5-6-18(28-21)23-31-30-22-9-8-15(2)33(22)23/h5-7,10-13,15,35H,8-9H2,1-4H3,(H,28,29,34)/t15-/m1/s1. The van der Waals surface area contributed by atoms with Crippen molar-refractivity contribution < 1.29 is 14.3 Å². The van der Waals surface area contributed by atoms with Crippen LogP contribution in [0.1, 0.15) is 60.7 Å². The SMILES string of the molecule is Cc1cc(F)c(C(=O)Nc2cccc(-c3nnc4n3[C@H](C)CC4)n2)cc1-n1cnc(C(C)(C)O)c1. The third-order valence-corrected chi connectivity index (χ3v) is 6.23. The Morgan fingerprint density at radius 3 is 2.80 bits per heavy atom. The molecule has 0 spiro atoms. The van der Waals surface area contributed by atoms with Gasteiger partial charge in [0.2, 0.25) is 0 Å². The molecule has 0 saturated heterocycles. The van der Waals surface area contributed by atoms with Crippen molar-refractivity contribution in [1.29, 1.82) is 0 Å². The fraction of sp³-hybridized carbons (Fsp3) is 0.320. The van der Waals surface area contributed by atoms with E-state index in [1.165, 1.54) is 18.5 Å². The number of fused-ring (bicyclic) bond motifs is 1. The van der Waals surface area contributed by atoms with Crippen LogP contribution in [0.5, 0.6) is 0 Å². The first kappa shape index (κ1) is 22.9. The average molecular weight is 476 g/mol. The minimum atomic E-state index is -1.13. The summed E-state index contributed by atoms with van der Waals surface area (Å²) in [6.45, 7) is 7.11. The number of benzene rings is 1. The Kier molecular flexibility index (Phi) is 5.47. The molecule has 0 unspecified atom stereocenters. The lowest BCUT2D eigenvalue weighted by atomic mass is 10.1. The summed E-state index contributed by atoms with van der Waals surface area (Å²) < 4.78 is 18.5. The summed E-state index contributed by atoms with van der Waals surface area (Å²) in [5.74, 6) is 0.574. The zero-order valence-electron chi connectivity index (χ0n) is 19.9. The number of pyridine rings is 1. The molecule has 0 saturated carbocycles. The zero-order valence-corrected chi connectivity index (χ0v) is 19.9. The van der Waals surface area contributed by atoms with Crippen molar-refractivity contribution in [2.75, 3.05) is 5.32 Å². The highest BCUT2D eigenvalue weighted by Gasteiger charge is 2.25. The number of aromatic nitrogens is 6. The Balaban J connectivity index is 1.43. The van der Waals surface area contributed by atoms with Gasteiger partial charge >= 0.3 is 0 Å². The molecule has 10 heteroatoms. The Hall–Kier alpha value is -3.92. The number of anilines is 1. The molecule has 0 radical (unpaired) electrons. The maximum absolute atomic E-state index is 14.8. The molecule has 9 nitrogen and oxygen atoms in total. The van der Waals surface area contributed by atoms with Crippen LogP contribution in [0.25, 0.3) is 17.2 Å². The molecule has 0 bridgehead atoms. The third-order valence-electron chi connectivity index (χ3n) is 6.23. The number of hydrogen-bond donors (Lipinski definition) is 2. The van der Waals surface area contributed by atoms with E-state index in [1.807, 2.05) is 6.07 Å². The van der Waals surface area contributed by atoms with Gasteiger partial charge in [0.1, 0.15) is 28.8 Å². The highest BCUT2D eigenvalue weighted by atomic mass is 19.1. The summed E-state index contributed by atoms with van der Waals surface area (Å²) in [5.41, 5.74) is 0.981. The van der Waals surface area contributed by atoms with Gasteiger partial charge in [-0.15, -0.1) is 10.2 Å². The van der Waals surface area contributed by atoms with E-state index >= 15 is 0 Å². The molecule has 1 amide bonds. The van der Waals surface area contributed by atoms with Gasteiger partial charge in [-0.3, -0.25) is 4.79 Å². The highest BCUT2D eigenvalue weighted by Crippen LogP contribution is 2.30. The summed E-state index contributed by atoms with van der Waals surface area (Å²) in [6.07, 6.45) is 5.05. The summed E-state index contributed by atoms with van der Waals surface area (Å²) in [4.78, 5) is 21.8. The van der Waals surface area contributed by atoms with Crippen LogP contribution in [0, 0.1) is 12.7 Å². The van der Waals surface area contributed by atoms with Gasteiger partial charge in [0, 0.05) is 18.7 Å². The molecule has 0 aliphatic carbocycles. The summed E-state index contributed by atoms with van der Waals surface area (Å²) in [5, 5.41) is 21.4. The van der Waals surface area contributed by atoms with Crippen molar-refractivity contribution in [3.05, 3.63) is 71.3 Å². The van der Waals surface area contributed by atoms with Crippen molar-refractivity contribution in [2.24, 2.45) is 0 Å². The van der Waals surface area contributed by atoms with Gasteiger partial charge in [-0.1, -0.05) is 6.07 Å². The number of aliphatic hydroxyl groups is 1. The summed E-state index contributed by atoms with van der Waals surface area (Å²) >= 11 is 0. The summed E-state index contributed by atoms with van der Waals surface area (Å²) in [7, 11) is 0. The zero-order chi connectivity index (χ0) is 24.9. The quantitative estimate of drug-likeness (QED) is 0.452. The Bertz CT molecular complexity index is 1430. The maximum Gasteiger partial charge on any atom is 0.259 e. The molecule has 1 aliphatic rings. The first-order valence-corrected chi connectivity index (χ1v) is 11.4. The molecule has 1 atom stereocenters. The van der Waals surface area contributed by atoms with Crippen molar-refractivity contribution in [3.8, 4) is 17.2 Å². The largest absolute Gasteiger partial charge is 0.384 e. The number of halogens is 1. The molecule has 4 heterocycles. The number of carbonyl (C=O) groups excluding carboxylic acids is 1. The van der Waals surface area contributed by atoms with Crippen LogP contribution in [0.3, 0.4) is 0 Å². The van der Waals surface area contributed by atoms with E-state index in [0.29, 0.717) is 28.5 Å².